The van der Waals surface area contributed by atoms with Gasteiger partial charge in [0.1, 0.15) is 24.7 Å². The second kappa shape index (κ2) is 9.87. The number of hydrogen-bond acceptors (Lipinski definition) is 6. The monoisotopic (exact) mass is 452 g/mol. The quantitative estimate of drug-likeness (QED) is 0.476. The van der Waals surface area contributed by atoms with E-state index >= 15 is 0 Å². The molecule has 0 saturated carbocycles. The van der Waals surface area contributed by atoms with E-state index in [1.807, 2.05) is 48.5 Å². The third-order valence-electron chi connectivity index (χ3n) is 5.22. The average molecular weight is 453 g/mol. The molecule has 1 N–H and O–H groups in total. The van der Waals surface area contributed by atoms with Crippen LogP contribution in [0.4, 0.5) is 5.95 Å². The summed E-state index contributed by atoms with van der Waals surface area (Å²) in [6, 6.07) is 14.8. The molecule has 2 aromatic carbocycles. The number of nitrogens with zero attached hydrogens (tertiary/aromatic N) is 3. The molecule has 0 saturated heterocycles. The Balaban J connectivity index is 1.64. The first kappa shape index (κ1) is 21.9. The van der Waals surface area contributed by atoms with E-state index in [1.165, 1.54) is 6.33 Å². The number of esters is 1. The van der Waals surface area contributed by atoms with Gasteiger partial charge in [0.25, 0.3) is 0 Å². The normalized spacial score (nSPS) is 15.2. The van der Waals surface area contributed by atoms with Crippen LogP contribution < -0.4 is 10.1 Å². The van der Waals surface area contributed by atoms with Gasteiger partial charge in [0.05, 0.1) is 12.2 Å². The van der Waals surface area contributed by atoms with Crippen LogP contribution in [0.25, 0.3) is 0 Å². The lowest BCUT2D eigenvalue weighted by Gasteiger charge is -2.29. The van der Waals surface area contributed by atoms with E-state index in [0.29, 0.717) is 41.9 Å². The van der Waals surface area contributed by atoms with Crippen molar-refractivity contribution >= 4 is 23.5 Å². The van der Waals surface area contributed by atoms with Crippen LogP contribution in [-0.4, -0.2) is 27.3 Å². The van der Waals surface area contributed by atoms with E-state index in [1.54, 1.807) is 11.6 Å². The van der Waals surface area contributed by atoms with Crippen molar-refractivity contribution in [3.63, 3.8) is 0 Å². The smallest absolute Gasteiger partial charge is 0.338 e. The van der Waals surface area contributed by atoms with Gasteiger partial charge in [0, 0.05) is 16.3 Å². The number of benzene rings is 2. The van der Waals surface area contributed by atoms with Crippen molar-refractivity contribution in [3.8, 4) is 5.75 Å². The van der Waals surface area contributed by atoms with Gasteiger partial charge in [-0.3, -0.25) is 0 Å². The highest BCUT2D eigenvalue weighted by molar-refractivity contribution is 6.31. The van der Waals surface area contributed by atoms with Crippen molar-refractivity contribution in [2.45, 2.75) is 39.3 Å². The molecular formula is C24H25ClN4O3. The molecule has 166 valence electrons. The van der Waals surface area contributed by atoms with Crippen LogP contribution in [-0.2, 0) is 16.1 Å². The summed E-state index contributed by atoms with van der Waals surface area (Å²) in [6.45, 7) is 4.54. The fourth-order valence-corrected chi connectivity index (χ4v) is 3.93. The predicted molar refractivity (Wildman–Crippen MR) is 123 cm³/mol. The van der Waals surface area contributed by atoms with Crippen LogP contribution in [0.1, 0.15) is 43.9 Å². The highest BCUT2D eigenvalue weighted by Crippen LogP contribution is 2.37. The van der Waals surface area contributed by atoms with Crippen LogP contribution in [0.15, 0.2) is 66.1 Å². The lowest BCUT2D eigenvalue weighted by atomic mass is 9.94. The molecule has 4 rings (SSSR count). The number of rotatable bonds is 8. The summed E-state index contributed by atoms with van der Waals surface area (Å²) in [7, 11) is 0. The number of ether oxygens (including phenoxy) is 2. The molecule has 1 aliphatic rings. The van der Waals surface area contributed by atoms with Crippen molar-refractivity contribution in [1.29, 1.82) is 0 Å². The number of carbonyl (C=O) groups excluding carboxylic acids is 1. The zero-order chi connectivity index (χ0) is 22.5. The first-order valence-electron chi connectivity index (χ1n) is 10.6. The molecule has 2 heterocycles. The predicted octanol–water partition coefficient (Wildman–Crippen LogP) is 5.14. The third kappa shape index (κ3) is 4.48. The van der Waals surface area contributed by atoms with Gasteiger partial charge >= 0.3 is 5.97 Å². The second-order valence-corrected chi connectivity index (χ2v) is 7.77. The molecule has 0 aliphatic carbocycles. The number of hydrogen-bond donors (Lipinski definition) is 1. The van der Waals surface area contributed by atoms with Crippen molar-refractivity contribution in [1.82, 2.24) is 14.8 Å². The lowest BCUT2D eigenvalue weighted by molar-refractivity contribution is -0.139. The van der Waals surface area contributed by atoms with Gasteiger partial charge in [0.2, 0.25) is 5.95 Å². The number of carbonyl (C=O) groups is 1. The van der Waals surface area contributed by atoms with Crippen LogP contribution in [0.2, 0.25) is 5.02 Å². The summed E-state index contributed by atoms with van der Waals surface area (Å²) in [5.41, 5.74) is 3.17. The Bertz CT molecular complexity index is 1120. The third-order valence-corrected chi connectivity index (χ3v) is 5.59. The highest BCUT2D eigenvalue weighted by atomic mass is 35.5. The summed E-state index contributed by atoms with van der Waals surface area (Å²) >= 11 is 6.21. The van der Waals surface area contributed by atoms with E-state index in [0.717, 1.165) is 23.2 Å². The fourth-order valence-electron chi connectivity index (χ4n) is 3.74. The number of allylic oxidation sites excluding steroid dienone is 1. The van der Waals surface area contributed by atoms with Crippen LogP contribution >= 0.6 is 11.6 Å². The Kier molecular flexibility index (Phi) is 6.75. The summed E-state index contributed by atoms with van der Waals surface area (Å²) in [5, 5.41) is 8.29. The van der Waals surface area contributed by atoms with Crippen molar-refractivity contribution in [2.24, 2.45) is 0 Å². The first-order valence-corrected chi connectivity index (χ1v) is 11.0. The van der Waals surface area contributed by atoms with Crippen LogP contribution in [0, 0.1) is 0 Å². The van der Waals surface area contributed by atoms with Crippen LogP contribution in [0.5, 0.6) is 5.75 Å². The maximum atomic E-state index is 12.9. The largest absolute Gasteiger partial charge is 0.489 e. The molecule has 0 amide bonds. The highest BCUT2D eigenvalue weighted by Gasteiger charge is 2.35. The van der Waals surface area contributed by atoms with Gasteiger partial charge in [-0.2, -0.15) is 10.1 Å². The standard InChI is InChI=1S/C24H25ClN4O3/c1-3-7-20-21(23(30)31-4-2)22(29-24(28-20)26-15-27-29)16-10-12-18(13-11-16)32-14-17-8-5-6-9-19(17)25/h5-6,8-13,15,22H,3-4,7,14H2,1-2H3,(H,26,27,28)/t22-/m1/s1. The molecule has 7 nitrogen and oxygen atoms in total. The fraction of sp³-hybridized carbons (Fsp3) is 0.292. The van der Waals surface area contributed by atoms with Gasteiger partial charge < -0.3 is 14.8 Å². The van der Waals surface area contributed by atoms with Crippen LogP contribution in [0.3, 0.4) is 0 Å². The van der Waals surface area contributed by atoms with E-state index in [-0.39, 0.29) is 5.97 Å². The minimum Gasteiger partial charge on any atom is -0.489 e. The van der Waals surface area contributed by atoms with Crippen molar-refractivity contribution in [3.05, 3.63) is 82.3 Å². The summed E-state index contributed by atoms with van der Waals surface area (Å²) in [6.07, 6.45) is 3.06. The Hall–Kier alpha value is -3.32. The molecule has 0 unspecified atom stereocenters. The minimum absolute atomic E-state index is 0.299. The van der Waals surface area contributed by atoms with Gasteiger partial charge in [-0.05, 0) is 37.1 Å². The molecule has 1 aromatic heterocycles. The molecule has 3 aromatic rings. The van der Waals surface area contributed by atoms with Gasteiger partial charge in [0.15, 0.2) is 0 Å². The molecule has 0 radical (unpaired) electrons. The average Bonchev–Trinajstić information content (AvgIpc) is 3.27. The molecule has 8 heteroatoms. The number of aromatic nitrogens is 3. The van der Waals surface area contributed by atoms with Crippen molar-refractivity contribution < 1.29 is 14.3 Å². The Labute approximate surface area is 192 Å². The Morgan fingerprint density at radius 3 is 2.66 bits per heavy atom. The molecule has 0 fully saturated rings. The van der Waals surface area contributed by atoms with Gasteiger partial charge in [-0.1, -0.05) is 55.3 Å². The summed E-state index contributed by atoms with van der Waals surface area (Å²) in [5.74, 6) is 0.955. The maximum absolute atomic E-state index is 12.9. The molecular weight excluding hydrogens is 428 g/mol. The van der Waals surface area contributed by atoms with E-state index in [9.17, 15) is 4.79 Å². The molecule has 1 atom stereocenters. The summed E-state index contributed by atoms with van der Waals surface area (Å²) < 4.78 is 13.0. The molecule has 0 bridgehead atoms. The lowest BCUT2D eigenvalue weighted by Crippen LogP contribution is -2.30. The topological polar surface area (TPSA) is 78.3 Å². The summed E-state index contributed by atoms with van der Waals surface area (Å²) in [4.78, 5) is 17.2. The first-order chi connectivity index (χ1) is 15.6. The zero-order valence-electron chi connectivity index (χ0n) is 18.0. The van der Waals surface area contributed by atoms with E-state index in [2.05, 4.69) is 22.3 Å². The van der Waals surface area contributed by atoms with Crippen molar-refractivity contribution in [2.75, 3.05) is 11.9 Å². The second-order valence-electron chi connectivity index (χ2n) is 7.37. The SMILES string of the molecule is CCCC1=C(C(=O)OCC)[C@@H](c2ccc(OCc3ccccc3Cl)cc2)n2ncnc2N1. The number of nitrogens with one attached hydrogen (secondary N) is 1. The molecule has 0 spiro atoms. The number of anilines is 1. The molecule has 1 aliphatic heterocycles. The van der Waals surface area contributed by atoms with Gasteiger partial charge in [-0.15, -0.1) is 0 Å². The van der Waals surface area contributed by atoms with E-state index < -0.39 is 6.04 Å². The van der Waals surface area contributed by atoms with Gasteiger partial charge in [-0.25, -0.2) is 9.48 Å². The maximum Gasteiger partial charge on any atom is 0.338 e. The minimum atomic E-state index is -0.438. The van der Waals surface area contributed by atoms with E-state index in [4.69, 9.17) is 21.1 Å². The Morgan fingerprint density at radius 2 is 1.94 bits per heavy atom. The number of fused-ring (bicyclic) bond motifs is 1. The Morgan fingerprint density at radius 1 is 1.16 bits per heavy atom. The zero-order valence-corrected chi connectivity index (χ0v) is 18.8. The molecule has 32 heavy (non-hydrogen) atoms. The number of halogens is 1.